The van der Waals surface area contributed by atoms with E-state index in [1.54, 1.807) is 24.3 Å². The fraction of sp³-hybridized carbons (Fsp3) is 0.364. The van der Waals surface area contributed by atoms with Crippen molar-refractivity contribution in [3.63, 3.8) is 0 Å². The quantitative estimate of drug-likeness (QED) is 0.741. The Bertz CT molecular complexity index is 977. The van der Waals surface area contributed by atoms with Gasteiger partial charge in [0.05, 0.1) is 24.4 Å². The summed E-state index contributed by atoms with van der Waals surface area (Å²) in [5.74, 6) is -0.231. The van der Waals surface area contributed by atoms with Gasteiger partial charge >= 0.3 is 6.18 Å². The van der Waals surface area contributed by atoms with Crippen LogP contribution in [0.25, 0.3) is 0 Å². The molecule has 1 saturated heterocycles. The van der Waals surface area contributed by atoms with Crippen LogP contribution in [0, 0.1) is 0 Å². The smallest absolute Gasteiger partial charge is 0.416 e. The van der Waals surface area contributed by atoms with Crippen molar-refractivity contribution < 1.29 is 32.2 Å². The van der Waals surface area contributed by atoms with E-state index in [2.05, 4.69) is 0 Å². The summed E-state index contributed by atoms with van der Waals surface area (Å²) in [5.41, 5.74) is -0.145. The molecule has 0 spiro atoms. The minimum absolute atomic E-state index is 0.0895. The first kappa shape index (κ1) is 21.2. The third kappa shape index (κ3) is 4.10. The maximum absolute atomic E-state index is 13.4. The van der Waals surface area contributed by atoms with E-state index in [0.29, 0.717) is 24.5 Å². The molecule has 1 fully saturated rings. The highest BCUT2D eigenvalue weighted by Crippen LogP contribution is 2.37. The Morgan fingerprint density at radius 3 is 2.55 bits per heavy atom. The van der Waals surface area contributed by atoms with E-state index in [9.17, 15) is 22.8 Å². The van der Waals surface area contributed by atoms with E-state index in [-0.39, 0.29) is 24.6 Å². The first-order valence-electron chi connectivity index (χ1n) is 9.84. The number of carbonyl (C=O) groups is 2. The molecular weight excluding hydrogens is 413 g/mol. The lowest BCUT2D eigenvalue weighted by atomic mass is 10.1. The zero-order valence-corrected chi connectivity index (χ0v) is 16.8. The summed E-state index contributed by atoms with van der Waals surface area (Å²) in [4.78, 5) is 29.5. The number of para-hydroxylation sites is 2. The normalized spacial score (nSPS) is 20.7. The predicted octanol–water partition coefficient (Wildman–Crippen LogP) is 3.36. The van der Waals surface area contributed by atoms with Gasteiger partial charge in [-0.15, -0.1) is 0 Å². The number of fused-ring (bicyclic) bond motifs is 3. The number of halogens is 3. The number of hydrogen-bond acceptors (Lipinski definition) is 4. The largest absolute Gasteiger partial charge is 0.486 e. The van der Waals surface area contributed by atoms with Gasteiger partial charge in [0.1, 0.15) is 17.9 Å². The van der Waals surface area contributed by atoms with Crippen LogP contribution in [0.15, 0.2) is 48.5 Å². The monoisotopic (exact) mass is 434 g/mol. The Balaban J connectivity index is 1.64. The molecule has 2 atom stereocenters. The van der Waals surface area contributed by atoms with Crippen molar-refractivity contribution >= 4 is 17.5 Å². The predicted molar refractivity (Wildman–Crippen MR) is 106 cm³/mol. The van der Waals surface area contributed by atoms with E-state index < -0.39 is 29.8 Å². The number of hydrogen-bond donors (Lipinski definition) is 0. The number of nitrogens with zero attached hydrogens (tertiary/aromatic N) is 2. The third-order valence-corrected chi connectivity index (χ3v) is 5.50. The number of alkyl halides is 3. The van der Waals surface area contributed by atoms with Crippen LogP contribution in [0.1, 0.15) is 22.3 Å². The summed E-state index contributed by atoms with van der Waals surface area (Å²) in [6, 6.07) is 10.4. The van der Waals surface area contributed by atoms with Crippen LogP contribution in [0.5, 0.6) is 5.75 Å². The van der Waals surface area contributed by atoms with Crippen molar-refractivity contribution in [2.45, 2.75) is 24.7 Å². The van der Waals surface area contributed by atoms with Crippen molar-refractivity contribution in [2.75, 3.05) is 31.7 Å². The molecule has 0 N–H and O–H groups in total. The lowest BCUT2D eigenvalue weighted by Gasteiger charge is -2.31. The molecule has 2 amide bonds. The molecule has 4 rings (SSSR count). The standard InChI is InChI=1S/C22H21F3N2O4/c1-30-11-10-26-17-4-2-3-5-19(17)31-16-12-18(21(26)29)27(13-16)20(28)14-6-8-15(9-7-14)22(23,24)25/h2-9,16,18H,10-13H2,1H3. The first-order valence-corrected chi connectivity index (χ1v) is 9.84. The highest BCUT2D eigenvalue weighted by Gasteiger charge is 2.45. The van der Waals surface area contributed by atoms with Crippen molar-refractivity contribution in [3.8, 4) is 5.75 Å². The lowest BCUT2D eigenvalue weighted by Crippen LogP contribution is -2.49. The van der Waals surface area contributed by atoms with Gasteiger partial charge in [-0.25, -0.2) is 0 Å². The molecule has 164 valence electrons. The number of amides is 2. The molecule has 2 aromatic rings. The molecule has 0 aliphatic carbocycles. The number of benzene rings is 2. The summed E-state index contributed by atoms with van der Waals surface area (Å²) in [6.45, 7) is 0.741. The van der Waals surface area contributed by atoms with Crippen LogP contribution in [0.2, 0.25) is 0 Å². The number of likely N-dealkylation sites (tertiary alicyclic amines) is 1. The second kappa shape index (κ2) is 8.22. The highest BCUT2D eigenvalue weighted by molar-refractivity contribution is 6.03. The SMILES string of the molecule is COCCN1C(=O)C2CC(CN2C(=O)c2ccc(C(F)(F)F)cc2)Oc2ccccc21. The van der Waals surface area contributed by atoms with Gasteiger partial charge in [-0.1, -0.05) is 12.1 Å². The molecule has 0 saturated carbocycles. The van der Waals surface area contributed by atoms with Gasteiger partial charge < -0.3 is 19.3 Å². The molecule has 2 heterocycles. The summed E-state index contributed by atoms with van der Waals surface area (Å²) < 4.78 is 49.7. The Hall–Kier alpha value is -3.07. The number of ether oxygens (including phenoxy) is 2. The average molecular weight is 434 g/mol. The number of rotatable bonds is 4. The second-order valence-electron chi connectivity index (χ2n) is 7.47. The summed E-state index contributed by atoms with van der Waals surface area (Å²) in [6.07, 6.45) is -4.57. The van der Waals surface area contributed by atoms with Crippen LogP contribution < -0.4 is 9.64 Å². The molecule has 2 bridgehead atoms. The van der Waals surface area contributed by atoms with Crippen molar-refractivity contribution in [2.24, 2.45) is 0 Å². The van der Waals surface area contributed by atoms with Crippen molar-refractivity contribution in [1.29, 1.82) is 0 Å². The van der Waals surface area contributed by atoms with Gasteiger partial charge in [0.15, 0.2) is 0 Å². The van der Waals surface area contributed by atoms with E-state index in [1.165, 1.54) is 16.9 Å². The summed E-state index contributed by atoms with van der Waals surface area (Å²) >= 11 is 0. The van der Waals surface area contributed by atoms with Crippen LogP contribution in [0.3, 0.4) is 0 Å². The van der Waals surface area contributed by atoms with Gasteiger partial charge in [0, 0.05) is 25.6 Å². The van der Waals surface area contributed by atoms with Gasteiger partial charge in [-0.3, -0.25) is 9.59 Å². The van der Waals surface area contributed by atoms with Crippen molar-refractivity contribution in [1.82, 2.24) is 4.90 Å². The fourth-order valence-electron chi connectivity index (χ4n) is 3.98. The highest BCUT2D eigenvalue weighted by atomic mass is 19.4. The third-order valence-electron chi connectivity index (χ3n) is 5.50. The number of carbonyl (C=O) groups excluding carboxylic acids is 2. The lowest BCUT2D eigenvalue weighted by molar-refractivity contribution is -0.137. The molecule has 2 aliphatic rings. The van der Waals surface area contributed by atoms with Gasteiger partial charge in [0.25, 0.3) is 5.91 Å². The van der Waals surface area contributed by atoms with E-state index in [1.807, 2.05) is 0 Å². The Labute approximate surface area is 177 Å². The summed E-state index contributed by atoms with van der Waals surface area (Å²) in [5, 5.41) is 0. The van der Waals surface area contributed by atoms with Gasteiger partial charge in [-0.05, 0) is 36.4 Å². The zero-order chi connectivity index (χ0) is 22.2. The van der Waals surface area contributed by atoms with E-state index in [4.69, 9.17) is 9.47 Å². The number of methoxy groups -OCH3 is 1. The zero-order valence-electron chi connectivity index (χ0n) is 16.8. The topological polar surface area (TPSA) is 59.1 Å². The van der Waals surface area contributed by atoms with Crippen molar-refractivity contribution in [3.05, 3.63) is 59.7 Å². The first-order chi connectivity index (χ1) is 14.8. The van der Waals surface area contributed by atoms with E-state index in [0.717, 1.165) is 24.3 Å². The van der Waals surface area contributed by atoms with Gasteiger partial charge in [-0.2, -0.15) is 13.2 Å². The fourth-order valence-corrected chi connectivity index (χ4v) is 3.98. The minimum Gasteiger partial charge on any atom is -0.486 e. The minimum atomic E-state index is -4.49. The second-order valence-corrected chi connectivity index (χ2v) is 7.47. The van der Waals surface area contributed by atoms with Crippen LogP contribution in [-0.4, -0.2) is 55.7 Å². The molecule has 0 radical (unpaired) electrons. The Morgan fingerprint density at radius 2 is 1.87 bits per heavy atom. The molecule has 0 aromatic heterocycles. The van der Waals surface area contributed by atoms with E-state index >= 15 is 0 Å². The molecule has 2 unspecified atom stereocenters. The summed E-state index contributed by atoms with van der Waals surface area (Å²) in [7, 11) is 1.53. The van der Waals surface area contributed by atoms with Gasteiger partial charge in [0.2, 0.25) is 5.91 Å². The molecule has 6 nitrogen and oxygen atoms in total. The maximum Gasteiger partial charge on any atom is 0.416 e. The molecule has 2 aromatic carbocycles. The average Bonchev–Trinajstić information content (AvgIpc) is 3.18. The number of anilines is 1. The van der Waals surface area contributed by atoms with Crippen LogP contribution in [-0.2, 0) is 15.7 Å². The van der Waals surface area contributed by atoms with Crippen LogP contribution >= 0.6 is 0 Å². The molecule has 2 aliphatic heterocycles. The molecule has 31 heavy (non-hydrogen) atoms. The van der Waals surface area contributed by atoms with Crippen LogP contribution in [0.4, 0.5) is 18.9 Å². The molecular formula is C22H21F3N2O4. The molecule has 9 heteroatoms. The Morgan fingerprint density at radius 1 is 1.16 bits per heavy atom. The maximum atomic E-state index is 13.4. The Kier molecular flexibility index (Phi) is 5.62.